The molecule has 20 heavy (non-hydrogen) atoms. The molecule has 0 unspecified atom stereocenters. The molecule has 1 fully saturated rings. The first-order chi connectivity index (χ1) is 9.63. The van der Waals surface area contributed by atoms with Gasteiger partial charge < -0.3 is 5.11 Å². The lowest BCUT2D eigenvalue weighted by molar-refractivity contribution is 0.0697. The first kappa shape index (κ1) is 13.4. The van der Waals surface area contributed by atoms with Crippen LogP contribution in [0.25, 0.3) is 11.0 Å². The third-order valence-corrected chi connectivity index (χ3v) is 5.55. The van der Waals surface area contributed by atoms with Crippen molar-refractivity contribution >= 4 is 28.8 Å². The maximum atomic E-state index is 11.0. The lowest BCUT2D eigenvalue weighted by atomic mass is 10.1. The summed E-state index contributed by atoms with van der Waals surface area (Å²) in [5.74, 6) is -0.933. The molecule has 1 aromatic carbocycles. The topological polar surface area (TPSA) is 68.0 Å². The van der Waals surface area contributed by atoms with Gasteiger partial charge in [-0.2, -0.15) is 11.8 Å². The van der Waals surface area contributed by atoms with Crippen LogP contribution in [0, 0.1) is 0 Å². The van der Waals surface area contributed by atoms with Gasteiger partial charge in [0.05, 0.1) is 17.6 Å². The number of nitrogens with zero attached hydrogens (tertiary/aromatic N) is 3. The van der Waals surface area contributed by atoms with Gasteiger partial charge in [0, 0.05) is 4.75 Å². The summed E-state index contributed by atoms with van der Waals surface area (Å²) in [7, 11) is 0. The predicted molar refractivity (Wildman–Crippen MR) is 79.2 cm³/mol. The number of fused-ring (bicyclic) bond motifs is 1. The second-order valence-electron chi connectivity index (χ2n) is 5.35. The lowest BCUT2D eigenvalue weighted by Gasteiger charge is -2.26. The molecule has 2 aromatic rings. The molecule has 0 saturated heterocycles. The van der Waals surface area contributed by atoms with Crippen LogP contribution < -0.4 is 0 Å². The van der Waals surface area contributed by atoms with Gasteiger partial charge in [-0.1, -0.05) is 18.1 Å². The van der Waals surface area contributed by atoms with Crippen molar-refractivity contribution < 1.29 is 9.90 Å². The van der Waals surface area contributed by atoms with Gasteiger partial charge in [0.1, 0.15) is 5.52 Å². The zero-order chi connectivity index (χ0) is 14.2. The van der Waals surface area contributed by atoms with Gasteiger partial charge in [-0.25, -0.2) is 9.48 Å². The molecule has 0 aliphatic heterocycles. The maximum absolute atomic E-state index is 11.0. The van der Waals surface area contributed by atoms with Crippen LogP contribution in [0.5, 0.6) is 0 Å². The number of aromatic carboxylic acids is 1. The fourth-order valence-electron chi connectivity index (χ4n) is 2.94. The molecule has 1 aromatic heterocycles. The van der Waals surface area contributed by atoms with Crippen LogP contribution in [-0.4, -0.2) is 37.1 Å². The molecule has 0 spiro atoms. The van der Waals surface area contributed by atoms with E-state index in [2.05, 4.69) is 16.6 Å². The number of hydrogen-bond donors (Lipinski definition) is 1. The van der Waals surface area contributed by atoms with Crippen LogP contribution in [0.2, 0.25) is 0 Å². The average Bonchev–Trinajstić information content (AvgIpc) is 3.07. The van der Waals surface area contributed by atoms with Crippen molar-refractivity contribution in [3.05, 3.63) is 23.8 Å². The van der Waals surface area contributed by atoms with Crippen LogP contribution in [0.15, 0.2) is 18.2 Å². The van der Waals surface area contributed by atoms with Crippen LogP contribution in [0.4, 0.5) is 0 Å². The number of benzene rings is 1. The Bertz CT molecular complexity index is 647. The van der Waals surface area contributed by atoms with Crippen molar-refractivity contribution in [1.82, 2.24) is 15.0 Å². The molecule has 0 bridgehead atoms. The van der Waals surface area contributed by atoms with E-state index in [0.717, 1.165) is 12.1 Å². The highest BCUT2D eigenvalue weighted by molar-refractivity contribution is 8.00. The molecule has 106 valence electrons. The molecule has 1 aliphatic carbocycles. The largest absolute Gasteiger partial charge is 0.478 e. The number of carbonyl (C=O) groups is 1. The summed E-state index contributed by atoms with van der Waals surface area (Å²) in [6.07, 6.45) is 7.13. The average molecular weight is 291 g/mol. The quantitative estimate of drug-likeness (QED) is 0.938. The number of aromatic nitrogens is 3. The van der Waals surface area contributed by atoms with E-state index < -0.39 is 5.97 Å². The Hall–Kier alpha value is -1.56. The molecule has 6 heteroatoms. The molecule has 0 atom stereocenters. The van der Waals surface area contributed by atoms with Crippen LogP contribution >= 0.6 is 11.8 Å². The summed E-state index contributed by atoms with van der Waals surface area (Å²) < 4.78 is 2.18. The van der Waals surface area contributed by atoms with E-state index in [-0.39, 0.29) is 10.3 Å². The van der Waals surface area contributed by atoms with Crippen molar-refractivity contribution in [2.75, 3.05) is 6.26 Å². The van der Waals surface area contributed by atoms with E-state index in [1.807, 2.05) is 22.5 Å². The van der Waals surface area contributed by atoms with Crippen molar-refractivity contribution in [2.45, 2.75) is 37.0 Å². The summed E-state index contributed by atoms with van der Waals surface area (Å²) >= 11 is 1.91. The van der Waals surface area contributed by atoms with Crippen LogP contribution in [-0.2, 0) is 6.54 Å². The molecule has 1 N–H and O–H groups in total. The summed E-state index contributed by atoms with van der Waals surface area (Å²) in [4.78, 5) is 11.0. The highest BCUT2D eigenvalue weighted by Crippen LogP contribution is 2.41. The van der Waals surface area contributed by atoms with E-state index >= 15 is 0 Å². The number of rotatable bonds is 4. The number of carboxylic acid groups (broad SMARTS) is 1. The second kappa shape index (κ2) is 5.09. The zero-order valence-corrected chi connectivity index (χ0v) is 12.2. The minimum atomic E-state index is -0.933. The Morgan fingerprint density at radius 3 is 2.85 bits per heavy atom. The number of hydrogen-bond acceptors (Lipinski definition) is 4. The van der Waals surface area contributed by atoms with Gasteiger partial charge in [0.2, 0.25) is 0 Å². The minimum absolute atomic E-state index is 0.255. The zero-order valence-electron chi connectivity index (χ0n) is 11.4. The lowest BCUT2D eigenvalue weighted by Crippen LogP contribution is -2.27. The molecule has 0 radical (unpaired) electrons. The van der Waals surface area contributed by atoms with Crippen LogP contribution in [0.3, 0.4) is 0 Å². The first-order valence-electron chi connectivity index (χ1n) is 6.75. The molecule has 3 rings (SSSR count). The standard InChI is InChI=1S/C14H17N3O2S/c1-20-14(6-2-3-7-14)9-17-12-5-4-10(13(18)19)8-11(12)15-16-17/h4-5,8H,2-3,6-7,9H2,1H3,(H,18,19). The minimum Gasteiger partial charge on any atom is -0.478 e. The predicted octanol–water partition coefficient (Wildman–Crippen LogP) is 2.81. The Balaban J connectivity index is 1.94. The fourth-order valence-corrected chi connectivity index (χ4v) is 3.89. The molecule has 0 amide bonds. The van der Waals surface area contributed by atoms with Gasteiger partial charge in [-0.05, 0) is 37.3 Å². The summed E-state index contributed by atoms with van der Waals surface area (Å²) in [5.41, 5.74) is 1.82. The molecule has 1 saturated carbocycles. The van der Waals surface area contributed by atoms with Crippen LogP contribution in [0.1, 0.15) is 36.0 Å². The van der Waals surface area contributed by atoms with E-state index in [1.165, 1.54) is 25.7 Å². The van der Waals surface area contributed by atoms with Gasteiger partial charge in [0.15, 0.2) is 0 Å². The van der Waals surface area contributed by atoms with Gasteiger partial charge >= 0.3 is 5.97 Å². The van der Waals surface area contributed by atoms with Gasteiger partial charge in [-0.3, -0.25) is 0 Å². The van der Waals surface area contributed by atoms with Gasteiger partial charge in [-0.15, -0.1) is 5.10 Å². The normalized spacial score (nSPS) is 17.6. The Morgan fingerprint density at radius 1 is 1.45 bits per heavy atom. The Kier molecular flexibility index (Phi) is 3.41. The van der Waals surface area contributed by atoms with Crippen molar-refractivity contribution in [3.8, 4) is 0 Å². The molecule has 5 nitrogen and oxygen atoms in total. The Labute approximate surface area is 121 Å². The third kappa shape index (κ3) is 2.28. The highest BCUT2D eigenvalue weighted by atomic mass is 32.2. The number of carboxylic acids is 1. The van der Waals surface area contributed by atoms with E-state index in [9.17, 15) is 4.79 Å². The SMILES string of the molecule is CSC1(Cn2nnc3cc(C(=O)O)ccc32)CCCC1. The smallest absolute Gasteiger partial charge is 0.335 e. The van der Waals surface area contributed by atoms with Gasteiger partial charge in [0.25, 0.3) is 0 Å². The maximum Gasteiger partial charge on any atom is 0.335 e. The fraction of sp³-hybridized carbons (Fsp3) is 0.500. The van der Waals surface area contributed by atoms with Crippen molar-refractivity contribution in [2.24, 2.45) is 0 Å². The van der Waals surface area contributed by atoms with Crippen molar-refractivity contribution in [1.29, 1.82) is 0 Å². The molecular formula is C14H17N3O2S. The van der Waals surface area contributed by atoms with E-state index in [4.69, 9.17) is 5.11 Å². The molecule has 1 aliphatic rings. The third-order valence-electron chi connectivity index (χ3n) is 4.15. The highest BCUT2D eigenvalue weighted by Gasteiger charge is 2.34. The second-order valence-corrected chi connectivity index (χ2v) is 6.62. The summed E-state index contributed by atoms with van der Waals surface area (Å²) in [6.45, 7) is 0.844. The monoisotopic (exact) mass is 291 g/mol. The Morgan fingerprint density at radius 2 is 2.20 bits per heavy atom. The molecule has 1 heterocycles. The molecular weight excluding hydrogens is 274 g/mol. The van der Waals surface area contributed by atoms with Crippen molar-refractivity contribution in [3.63, 3.8) is 0 Å². The summed E-state index contributed by atoms with van der Waals surface area (Å²) in [6, 6.07) is 5.01. The van der Waals surface area contributed by atoms with E-state index in [1.54, 1.807) is 12.1 Å². The van der Waals surface area contributed by atoms with E-state index in [0.29, 0.717) is 5.52 Å². The summed E-state index contributed by atoms with van der Waals surface area (Å²) in [5, 5.41) is 17.3. The number of thioether (sulfide) groups is 1. The first-order valence-corrected chi connectivity index (χ1v) is 7.98.